The predicted octanol–water partition coefficient (Wildman–Crippen LogP) is 2.30. The molecule has 0 saturated carbocycles. The highest BCUT2D eigenvalue weighted by Crippen LogP contribution is 2.09. The van der Waals surface area contributed by atoms with Crippen LogP contribution < -0.4 is 11.1 Å². The van der Waals surface area contributed by atoms with E-state index in [0.717, 1.165) is 44.2 Å². The summed E-state index contributed by atoms with van der Waals surface area (Å²) in [7, 11) is 1.80. The molecule has 0 atom stereocenters. The van der Waals surface area contributed by atoms with Gasteiger partial charge in [0, 0.05) is 51.9 Å². The van der Waals surface area contributed by atoms with Gasteiger partial charge in [-0.2, -0.15) is 0 Å². The van der Waals surface area contributed by atoms with Gasteiger partial charge in [0.2, 0.25) is 5.91 Å². The van der Waals surface area contributed by atoms with Gasteiger partial charge in [-0.3, -0.25) is 14.7 Å². The summed E-state index contributed by atoms with van der Waals surface area (Å²) in [4.78, 5) is 20.5. The number of benzene rings is 2. The SMILES string of the molecule is CN=C(NCc1cccc(C(N)=O)c1)N1CCN(Cc2ccccc2)CC1.I. The van der Waals surface area contributed by atoms with Crippen LogP contribution in [-0.4, -0.2) is 54.9 Å². The molecule has 0 aromatic heterocycles. The average Bonchev–Trinajstić information content (AvgIpc) is 2.70. The second kappa shape index (κ2) is 11.0. The van der Waals surface area contributed by atoms with Crippen molar-refractivity contribution in [3.05, 3.63) is 71.3 Å². The molecule has 0 bridgehead atoms. The maximum atomic E-state index is 11.3. The van der Waals surface area contributed by atoms with Gasteiger partial charge in [0.05, 0.1) is 0 Å². The van der Waals surface area contributed by atoms with Gasteiger partial charge >= 0.3 is 0 Å². The highest BCUT2D eigenvalue weighted by atomic mass is 127. The first-order chi connectivity index (χ1) is 13.2. The Balaban J connectivity index is 0.00000280. The van der Waals surface area contributed by atoms with Gasteiger partial charge in [0.1, 0.15) is 0 Å². The lowest BCUT2D eigenvalue weighted by molar-refractivity contribution is 0.1000. The van der Waals surface area contributed by atoms with E-state index in [1.807, 2.05) is 18.2 Å². The van der Waals surface area contributed by atoms with Gasteiger partial charge in [-0.1, -0.05) is 42.5 Å². The van der Waals surface area contributed by atoms with E-state index in [4.69, 9.17) is 5.73 Å². The van der Waals surface area contributed by atoms with Crippen molar-refractivity contribution in [3.8, 4) is 0 Å². The number of nitrogens with zero attached hydrogens (tertiary/aromatic N) is 3. The fraction of sp³-hybridized carbons (Fsp3) is 0.333. The average molecular weight is 493 g/mol. The van der Waals surface area contributed by atoms with Crippen molar-refractivity contribution in [3.63, 3.8) is 0 Å². The highest BCUT2D eigenvalue weighted by molar-refractivity contribution is 14.0. The molecule has 0 aliphatic carbocycles. The molecule has 1 amide bonds. The summed E-state index contributed by atoms with van der Waals surface area (Å²) >= 11 is 0. The van der Waals surface area contributed by atoms with Crippen LogP contribution in [0.25, 0.3) is 0 Å². The Labute approximate surface area is 183 Å². The molecule has 1 heterocycles. The largest absolute Gasteiger partial charge is 0.366 e. The highest BCUT2D eigenvalue weighted by Gasteiger charge is 2.19. The molecule has 150 valence electrons. The minimum Gasteiger partial charge on any atom is -0.366 e. The number of rotatable bonds is 5. The maximum absolute atomic E-state index is 11.3. The van der Waals surface area contributed by atoms with Crippen LogP contribution in [0.1, 0.15) is 21.5 Å². The first kappa shape index (κ1) is 22.2. The van der Waals surface area contributed by atoms with Crippen molar-refractivity contribution in [1.82, 2.24) is 15.1 Å². The summed E-state index contributed by atoms with van der Waals surface area (Å²) in [6, 6.07) is 17.9. The molecule has 0 unspecified atom stereocenters. The monoisotopic (exact) mass is 493 g/mol. The molecule has 2 aromatic rings. The van der Waals surface area contributed by atoms with Crippen LogP contribution in [0.5, 0.6) is 0 Å². The number of amides is 1. The molecule has 6 nitrogen and oxygen atoms in total. The molecule has 0 radical (unpaired) electrons. The van der Waals surface area contributed by atoms with Crippen LogP contribution in [0.15, 0.2) is 59.6 Å². The number of carbonyl (C=O) groups excluding carboxylic acids is 1. The van der Waals surface area contributed by atoms with Gasteiger partial charge in [-0.05, 0) is 23.3 Å². The Hall–Kier alpha value is -2.13. The zero-order valence-electron chi connectivity index (χ0n) is 16.2. The van der Waals surface area contributed by atoms with E-state index in [9.17, 15) is 4.79 Å². The zero-order valence-corrected chi connectivity index (χ0v) is 18.5. The lowest BCUT2D eigenvalue weighted by Crippen LogP contribution is -2.52. The standard InChI is InChI=1S/C21H27N5O.HI/c1-23-21(24-15-18-8-5-9-19(14-18)20(22)27)26-12-10-25(11-13-26)16-17-6-3-2-4-7-17;/h2-9,14H,10-13,15-16H2,1H3,(H2,22,27)(H,23,24);1H. The third-order valence-corrected chi connectivity index (χ3v) is 4.79. The number of primary amides is 1. The Morgan fingerprint density at radius 1 is 1.04 bits per heavy atom. The number of aliphatic imine (C=N–C) groups is 1. The summed E-state index contributed by atoms with van der Waals surface area (Å²) in [5.74, 6) is 0.481. The minimum atomic E-state index is -0.407. The van der Waals surface area contributed by atoms with Crippen LogP contribution in [0.4, 0.5) is 0 Å². The number of hydrogen-bond acceptors (Lipinski definition) is 3. The van der Waals surface area contributed by atoms with Crippen molar-refractivity contribution >= 4 is 35.8 Å². The number of hydrogen-bond donors (Lipinski definition) is 2. The molecule has 7 heteroatoms. The Kier molecular flexibility index (Phi) is 8.72. The van der Waals surface area contributed by atoms with Gasteiger partial charge in [0.25, 0.3) is 0 Å². The fourth-order valence-corrected chi connectivity index (χ4v) is 3.31. The molecule has 0 spiro atoms. The number of carbonyl (C=O) groups is 1. The molecular formula is C21H28IN5O. The zero-order chi connectivity index (χ0) is 19.1. The van der Waals surface area contributed by atoms with Crippen LogP contribution in [-0.2, 0) is 13.1 Å². The normalized spacial score (nSPS) is 15.0. The van der Waals surface area contributed by atoms with Gasteiger partial charge in [0.15, 0.2) is 5.96 Å². The molecule has 3 rings (SSSR count). The topological polar surface area (TPSA) is 74.0 Å². The number of halogens is 1. The lowest BCUT2D eigenvalue weighted by Gasteiger charge is -2.36. The van der Waals surface area contributed by atoms with Crippen LogP contribution in [0, 0.1) is 0 Å². The number of guanidine groups is 1. The molecule has 1 fully saturated rings. The predicted molar refractivity (Wildman–Crippen MR) is 124 cm³/mol. The van der Waals surface area contributed by atoms with E-state index in [1.165, 1.54) is 5.56 Å². The quantitative estimate of drug-likeness (QED) is 0.381. The molecule has 2 aromatic carbocycles. The van der Waals surface area contributed by atoms with E-state index in [2.05, 4.69) is 50.4 Å². The summed E-state index contributed by atoms with van der Waals surface area (Å²) in [6.07, 6.45) is 0. The summed E-state index contributed by atoms with van der Waals surface area (Å²) in [5.41, 5.74) is 8.24. The fourth-order valence-electron chi connectivity index (χ4n) is 3.31. The van der Waals surface area contributed by atoms with E-state index in [0.29, 0.717) is 12.1 Å². The molecule has 1 aliphatic heterocycles. The lowest BCUT2D eigenvalue weighted by atomic mass is 10.1. The number of nitrogens with two attached hydrogens (primary N) is 1. The first-order valence-corrected chi connectivity index (χ1v) is 9.26. The van der Waals surface area contributed by atoms with Crippen molar-refractivity contribution in [1.29, 1.82) is 0 Å². The second-order valence-corrected chi connectivity index (χ2v) is 6.71. The van der Waals surface area contributed by atoms with Crippen molar-refractivity contribution in [2.24, 2.45) is 10.7 Å². The minimum absolute atomic E-state index is 0. The Morgan fingerprint density at radius 3 is 2.36 bits per heavy atom. The van der Waals surface area contributed by atoms with E-state index >= 15 is 0 Å². The van der Waals surface area contributed by atoms with E-state index < -0.39 is 5.91 Å². The molecule has 28 heavy (non-hydrogen) atoms. The number of piperazine rings is 1. The van der Waals surface area contributed by atoms with Gasteiger partial charge in [-0.15, -0.1) is 24.0 Å². The molecule has 1 saturated heterocycles. The van der Waals surface area contributed by atoms with Crippen molar-refractivity contribution in [2.75, 3.05) is 33.2 Å². The summed E-state index contributed by atoms with van der Waals surface area (Å²) in [5, 5.41) is 3.39. The van der Waals surface area contributed by atoms with Crippen LogP contribution in [0.3, 0.4) is 0 Å². The Morgan fingerprint density at radius 2 is 1.71 bits per heavy atom. The maximum Gasteiger partial charge on any atom is 0.248 e. The van der Waals surface area contributed by atoms with Crippen molar-refractivity contribution < 1.29 is 4.79 Å². The summed E-state index contributed by atoms with van der Waals surface area (Å²) < 4.78 is 0. The van der Waals surface area contributed by atoms with Crippen LogP contribution >= 0.6 is 24.0 Å². The van der Waals surface area contributed by atoms with E-state index in [1.54, 1.807) is 13.1 Å². The number of nitrogens with one attached hydrogen (secondary N) is 1. The van der Waals surface area contributed by atoms with E-state index in [-0.39, 0.29) is 24.0 Å². The third-order valence-electron chi connectivity index (χ3n) is 4.79. The second-order valence-electron chi connectivity index (χ2n) is 6.71. The summed E-state index contributed by atoms with van der Waals surface area (Å²) in [6.45, 7) is 5.49. The molecular weight excluding hydrogens is 465 g/mol. The van der Waals surface area contributed by atoms with Gasteiger partial charge in [-0.25, -0.2) is 0 Å². The molecule has 3 N–H and O–H groups in total. The smallest absolute Gasteiger partial charge is 0.248 e. The van der Waals surface area contributed by atoms with Gasteiger partial charge < -0.3 is 16.0 Å². The Bertz CT molecular complexity index is 788. The van der Waals surface area contributed by atoms with Crippen molar-refractivity contribution in [2.45, 2.75) is 13.1 Å². The van der Waals surface area contributed by atoms with Crippen LogP contribution in [0.2, 0.25) is 0 Å². The first-order valence-electron chi connectivity index (χ1n) is 9.26. The third kappa shape index (κ3) is 6.20. The molecule has 1 aliphatic rings.